The van der Waals surface area contributed by atoms with Gasteiger partial charge in [0.15, 0.2) is 0 Å². The summed E-state index contributed by atoms with van der Waals surface area (Å²) in [6.07, 6.45) is -2.96. The maximum absolute atomic E-state index is 14.9. The molecule has 3 aliphatic rings. The van der Waals surface area contributed by atoms with Crippen LogP contribution in [-0.2, 0) is 15.8 Å². The highest BCUT2D eigenvalue weighted by Crippen LogP contribution is 2.48. The van der Waals surface area contributed by atoms with E-state index in [-0.39, 0.29) is 47.5 Å². The topological polar surface area (TPSA) is 91.4 Å². The lowest BCUT2D eigenvalue weighted by Crippen LogP contribution is -2.49. The first kappa shape index (κ1) is 25.1. The Balaban J connectivity index is 1.42. The number of likely N-dealkylation sites (tertiary alicyclic amines) is 1. The normalized spacial score (nSPS) is 25.5. The molecule has 0 spiro atoms. The summed E-state index contributed by atoms with van der Waals surface area (Å²) < 4.78 is 68.6. The van der Waals surface area contributed by atoms with Crippen molar-refractivity contribution in [3.05, 3.63) is 64.5 Å². The summed E-state index contributed by atoms with van der Waals surface area (Å²) in [7, 11) is 0. The number of carbonyl (C=O) groups excluding carboxylic acids is 3. The quantitative estimate of drug-likeness (QED) is 0.590. The predicted molar refractivity (Wildman–Crippen MR) is 119 cm³/mol. The molecule has 1 aromatic carbocycles. The molecule has 1 unspecified atom stereocenters. The van der Waals surface area contributed by atoms with Gasteiger partial charge < -0.3 is 15.5 Å². The predicted octanol–water partition coefficient (Wildman–Crippen LogP) is 3.28. The summed E-state index contributed by atoms with van der Waals surface area (Å²) in [5, 5.41) is 5.33. The monoisotopic (exact) mass is 522 g/mol. The van der Waals surface area contributed by atoms with Gasteiger partial charge in [0.05, 0.1) is 6.04 Å². The lowest BCUT2D eigenvalue weighted by Gasteiger charge is -2.31. The van der Waals surface area contributed by atoms with Crippen molar-refractivity contribution in [3.8, 4) is 0 Å². The number of hydrogen-bond acceptors (Lipinski definition) is 4. The number of hydrogen-bond donors (Lipinski definition) is 2. The minimum Gasteiger partial charge on any atom is -0.356 e. The maximum atomic E-state index is 14.9. The van der Waals surface area contributed by atoms with Gasteiger partial charge in [0, 0.05) is 42.2 Å². The van der Waals surface area contributed by atoms with Crippen LogP contribution >= 0.6 is 0 Å². The Morgan fingerprint density at radius 1 is 1.16 bits per heavy atom. The number of rotatable bonds is 5. The highest BCUT2D eigenvalue weighted by atomic mass is 19.4. The standard InChI is InChI=1S/C25H23F5N4O3/c1-11-4-17(27)15(9-16(11)26)22(14-8-21(35)32-10-14)33-23(36)19-6-13-5-18(13)34(19)24(37)12-2-3-31-20(7-12)25(28,29)30/h2-4,7,9,13-14,18-19,22H,5-6,8,10H2,1H3,(H,32,35)(H,33,36)/t13-,14?,18-,19-,22-/m1/s1. The second kappa shape index (κ2) is 9.07. The molecule has 1 aliphatic carbocycles. The number of amides is 3. The maximum Gasteiger partial charge on any atom is 0.433 e. The number of halogens is 5. The van der Waals surface area contributed by atoms with E-state index in [2.05, 4.69) is 15.6 Å². The molecule has 196 valence electrons. The summed E-state index contributed by atoms with van der Waals surface area (Å²) >= 11 is 0. The number of aromatic nitrogens is 1. The van der Waals surface area contributed by atoms with Gasteiger partial charge in [-0.25, -0.2) is 8.78 Å². The summed E-state index contributed by atoms with van der Waals surface area (Å²) in [6.45, 7) is 1.53. The molecule has 37 heavy (non-hydrogen) atoms. The SMILES string of the molecule is Cc1cc(F)c([C@H](NC(=O)[C@H]2C[C@H]3C[C@H]3N2C(=O)c2ccnc(C(F)(F)F)c2)C2CNC(=O)C2)cc1F. The Morgan fingerprint density at radius 3 is 2.59 bits per heavy atom. The lowest BCUT2D eigenvalue weighted by atomic mass is 9.90. The Hall–Kier alpha value is -3.57. The second-order valence-electron chi connectivity index (χ2n) is 9.83. The lowest BCUT2D eigenvalue weighted by molar-refractivity contribution is -0.141. The van der Waals surface area contributed by atoms with Gasteiger partial charge in [-0.05, 0) is 55.5 Å². The van der Waals surface area contributed by atoms with E-state index in [0.717, 1.165) is 24.4 Å². The summed E-state index contributed by atoms with van der Waals surface area (Å²) in [4.78, 5) is 43.1. The third-order valence-corrected chi connectivity index (χ3v) is 7.33. The zero-order valence-electron chi connectivity index (χ0n) is 19.6. The van der Waals surface area contributed by atoms with Crippen molar-refractivity contribution >= 4 is 17.7 Å². The van der Waals surface area contributed by atoms with Gasteiger partial charge in [-0.15, -0.1) is 0 Å². The van der Waals surface area contributed by atoms with Crippen LogP contribution in [0, 0.1) is 30.4 Å². The van der Waals surface area contributed by atoms with Crippen LogP contribution in [0.25, 0.3) is 0 Å². The van der Waals surface area contributed by atoms with Crippen LogP contribution in [0.3, 0.4) is 0 Å². The van der Waals surface area contributed by atoms with E-state index in [1.807, 2.05) is 0 Å². The number of nitrogens with one attached hydrogen (secondary N) is 2. The Morgan fingerprint density at radius 2 is 1.92 bits per heavy atom. The van der Waals surface area contributed by atoms with Gasteiger partial charge in [-0.2, -0.15) is 13.2 Å². The van der Waals surface area contributed by atoms with Crippen molar-refractivity contribution in [1.29, 1.82) is 0 Å². The molecule has 0 bridgehead atoms. The minimum absolute atomic E-state index is 0.0182. The first-order valence-electron chi connectivity index (χ1n) is 11.8. The number of benzene rings is 1. The molecule has 7 nitrogen and oxygen atoms in total. The molecule has 3 heterocycles. The molecule has 2 N–H and O–H groups in total. The first-order chi connectivity index (χ1) is 17.4. The van der Waals surface area contributed by atoms with Crippen LogP contribution in [0.4, 0.5) is 22.0 Å². The van der Waals surface area contributed by atoms with Crippen molar-refractivity contribution in [1.82, 2.24) is 20.5 Å². The molecular weight excluding hydrogens is 499 g/mol. The average molecular weight is 522 g/mol. The number of nitrogens with zero attached hydrogens (tertiary/aromatic N) is 2. The van der Waals surface area contributed by atoms with E-state index in [4.69, 9.17) is 0 Å². The first-order valence-corrected chi connectivity index (χ1v) is 11.8. The number of alkyl halides is 3. The molecule has 1 saturated carbocycles. The van der Waals surface area contributed by atoms with E-state index in [1.165, 1.54) is 11.8 Å². The Bertz CT molecular complexity index is 1280. The van der Waals surface area contributed by atoms with Crippen LogP contribution in [-0.4, -0.2) is 46.2 Å². The van der Waals surface area contributed by atoms with Gasteiger partial charge >= 0.3 is 6.18 Å². The molecule has 5 atom stereocenters. The molecular formula is C25H23F5N4O3. The van der Waals surface area contributed by atoms with Gasteiger partial charge in [0.25, 0.3) is 5.91 Å². The van der Waals surface area contributed by atoms with Gasteiger partial charge in [0.2, 0.25) is 11.8 Å². The number of pyridine rings is 1. The van der Waals surface area contributed by atoms with Gasteiger partial charge in [-0.3, -0.25) is 19.4 Å². The van der Waals surface area contributed by atoms with Crippen LogP contribution in [0.2, 0.25) is 0 Å². The van der Waals surface area contributed by atoms with E-state index in [1.54, 1.807) is 0 Å². The highest BCUT2D eigenvalue weighted by Gasteiger charge is 2.56. The van der Waals surface area contributed by atoms with Crippen molar-refractivity contribution in [3.63, 3.8) is 0 Å². The molecule has 2 saturated heterocycles. The summed E-state index contributed by atoms with van der Waals surface area (Å²) in [5.74, 6) is -3.65. The fourth-order valence-electron chi connectivity index (χ4n) is 5.31. The molecule has 0 radical (unpaired) electrons. The van der Waals surface area contributed by atoms with Crippen molar-refractivity contribution < 1.29 is 36.3 Å². The van der Waals surface area contributed by atoms with E-state index in [0.29, 0.717) is 18.9 Å². The third-order valence-electron chi connectivity index (χ3n) is 7.33. The fraction of sp³-hybridized carbons (Fsp3) is 0.440. The Labute approximate surface area is 208 Å². The number of fused-ring (bicyclic) bond motifs is 1. The summed E-state index contributed by atoms with van der Waals surface area (Å²) in [5.41, 5.74) is -1.51. The largest absolute Gasteiger partial charge is 0.433 e. The molecule has 2 aromatic rings. The van der Waals surface area contributed by atoms with Crippen molar-refractivity contribution in [2.24, 2.45) is 11.8 Å². The van der Waals surface area contributed by atoms with Crippen molar-refractivity contribution in [2.75, 3.05) is 6.54 Å². The molecule has 12 heteroatoms. The second-order valence-corrected chi connectivity index (χ2v) is 9.83. The summed E-state index contributed by atoms with van der Waals surface area (Å²) in [6, 6.07) is 1.44. The number of carbonyl (C=O) groups is 3. The number of piperidine rings is 1. The van der Waals surface area contributed by atoms with Gasteiger partial charge in [0.1, 0.15) is 23.4 Å². The molecule has 2 aliphatic heterocycles. The van der Waals surface area contributed by atoms with Crippen LogP contribution < -0.4 is 10.6 Å². The highest BCUT2D eigenvalue weighted by molar-refractivity contribution is 5.98. The molecule has 5 rings (SSSR count). The van der Waals surface area contributed by atoms with E-state index < -0.39 is 53.3 Å². The van der Waals surface area contributed by atoms with Crippen LogP contribution in [0.15, 0.2) is 30.5 Å². The van der Waals surface area contributed by atoms with Crippen LogP contribution in [0.1, 0.15) is 52.5 Å². The molecule has 1 aromatic heterocycles. The zero-order chi connectivity index (χ0) is 26.6. The smallest absolute Gasteiger partial charge is 0.356 e. The zero-order valence-corrected chi connectivity index (χ0v) is 19.6. The number of aryl methyl sites for hydroxylation is 1. The van der Waals surface area contributed by atoms with Crippen molar-refractivity contribution in [2.45, 2.75) is 50.5 Å². The average Bonchev–Trinajstić information content (AvgIpc) is 3.29. The Kier molecular flexibility index (Phi) is 6.15. The van der Waals surface area contributed by atoms with Crippen LogP contribution in [0.5, 0.6) is 0 Å². The molecule has 3 fully saturated rings. The van der Waals surface area contributed by atoms with E-state index >= 15 is 0 Å². The fourth-order valence-corrected chi connectivity index (χ4v) is 5.31. The van der Waals surface area contributed by atoms with E-state index in [9.17, 15) is 36.3 Å². The third kappa shape index (κ3) is 4.76. The van der Waals surface area contributed by atoms with Gasteiger partial charge in [-0.1, -0.05) is 0 Å². The molecule has 3 amide bonds. The minimum atomic E-state index is -4.74.